The number of nitrogens with one attached hydrogen (secondary N) is 2. The minimum Gasteiger partial charge on any atom is -0.379 e. The van der Waals surface area contributed by atoms with Crippen LogP contribution in [-0.4, -0.2) is 37.3 Å². The van der Waals surface area contributed by atoms with Crippen LogP contribution < -0.4 is 10.7 Å². The highest BCUT2D eigenvalue weighted by Crippen LogP contribution is 1.99. The first-order chi connectivity index (χ1) is 10.5. The van der Waals surface area contributed by atoms with Crippen LogP contribution in [0.5, 0.6) is 0 Å². The summed E-state index contributed by atoms with van der Waals surface area (Å²) in [6.07, 6.45) is 2.31. The van der Waals surface area contributed by atoms with Crippen molar-refractivity contribution < 1.29 is 14.3 Å². The Kier molecular flexibility index (Phi) is 7.85. The van der Waals surface area contributed by atoms with Gasteiger partial charge in [0.05, 0.1) is 12.3 Å². The van der Waals surface area contributed by atoms with Gasteiger partial charge in [0.2, 0.25) is 0 Å². The Morgan fingerprint density at radius 1 is 1.23 bits per heavy atom. The average molecular weight is 305 g/mol. The predicted molar refractivity (Wildman–Crippen MR) is 85.6 cm³/mol. The van der Waals surface area contributed by atoms with E-state index >= 15 is 0 Å². The lowest BCUT2D eigenvalue weighted by atomic mass is 10.2. The van der Waals surface area contributed by atoms with Crippen molar-refractivity contribution in [2.75, 3.05) is 13.2 Å². The molecule has 2 N–H and O–H groups in total. The van der Waals surface area contributed by atoms with Crippen molar-refractivity contribution in [2.45, 2.75) is 33.3 Å². The number of hydrazone groups is 1. The van der Waals surface area contributed by atoms with Gasteiger partial charge < -0.3 is 10.1 Å². The minimum absolute atomic E-state index is 0.162. The van der Waals surface area contributed by atoms with Gasteiger partial charge >= 0.3 is 11.8 Å². The summed E-state index contributed by atoms with van der Waals surface area (Å²) in [6.45, 7) is 6.81. The van der Waals surface area contributed by atoms with Crippen LogP contribution in [0.3, 0.4) is 0 Å². The van der Waals surface area contributed by atoms with Crippen LogP contribution in [0.15, 0.2) is 29.4 Å². The summed E-state index contributed by atoms with van der Waals surface area (Å²) in [5.41, 5.74) is 4.18. The molecule has 22 heavy (non-hydrogen) atoms. The van der Waals surface area contributed by atoms with Crippen LogP contribution in [-0.2, 0) is 14.3 Å². The van der Waals surface area contributed by atoms with E-state index < -0.39 is 11.8 Å². The monoisotopic (exact) mass is 305 g/mol. The first kappa shape index (κ1) is 17.8. The van der Waals surface area contributed by atoms with E-state index in [9.17, 15) is 9.59 Å². The van der Waals surface area contributed by atoms with Crippen molar-refractivity contribution in [1.29, 1.82) is 0 Å². The third-order valence-corrected chi connectivity index (χ3v) is 2.72. The molecule has 0 aliphatic carbocycles. The van der Waals surface area contributed by atoms with E-state index in [2.05, 4.69) is 15.8 Å². The van der Waals surface area contributed by atoms with Gasteiger partial charge in [-0.25, -0.2) is 5.43 Å². The number of aryl methyl sites for hydroxylation is 1. The lowest BCUT2D eigenvalue weighted by molar-refractivity contribution is -0.139. The number of benzene rings is 1. The van der Waals surface area contributed by atoms with Gasteiger partial charge in [-0.15, -0.1) is 0 Å². The highest BCUT2D eigenvalue weighted by atomic mass is 16.5. The van der Waals surface area contributed by atoms with Crippen molar-refractivity contribution in [3.63, 3.8) is 0 Å². The Balaban J connectivity index is 2.23. The second-order valence-electron chi connectivity index (χ2n) is 5.14. The summed E-state index contributed by atoms with van der Waals surface area (Å²) < 4.78 is 5.33. The maximum absolute atomic E-state index is 11.5. The molecule has 2 amide bonds. The Morgan fingerprint density at radius 3 is 2.55 bits per heavy atom. The van der Waals surface area contributed by atoms with Crippen LogP contribution in [0.25, 0.3) is 0 Å². The summed E-state index contributed by atoms with van der Waals surface area (Å²) in [5.74, 6) is -1.49. The summed E-state index contributed by atoms with van der Waals surface area (Å²) in [4.78, 5) is 23.0. The number of amides is 2. The molecule has 0 saturated heterocycles. The number of hydrogen-bond acceptors (Lipinski definition) is 4. The Labute approximate surface area is 130 Å². The Morgan fingerprint density at radius 2 is 1.91 bits per heavy atom. The first-order valence-electron chi connectivity index (χ1n) is 7.28. The third kappa shape index (κ3) is 7.54. The van der Waals surface area contributed by atoms with Crippen molar-refractivity contribution in [3.05, 3.63) is 35.4 Å². The second kappa shape index (κ2) is 9.68. The highest BCUT2D eigenvalue weighted by molar-refractivity contribution is 6.35. The van der Waals surface area contributed by atoms with Crippen LogP contribution >= 0.6 is 0 Å². The zero-order chi connectivity index (χ0) is 16.4. The van der Waals surface area contributed by atoms with Crippen molar-refractivity contribution in [1.82, 2.24) is 10.7 Å². The molecule has 0 unspecified atom stereocenters. The molecule has 0 aliphatic rings. The number of ether oxygens (including phenoxy) is 1. The number of carbonyl (C=O) groups excluding carboxylic acids is 2. The summed E-state index contributed by atoms with van der Waals surface area (Å²) in [6, 6.07) is 7.63. The van der Waals surface area contributed by atoms with Gasteiger partial charge in [-0.05, 0) is 32.8 Å². The molecule has 0 aromatic heterocycles. The number of carbonyl (C=O) groups is 2. The molecule has 120 valence electrons. The lowest BCUT2D eigenvalue weighted by Crippen LogP contribution is -2.38. The molecule has 0 atom stereocenters. The van der Waals surface area contributed by atoms with E-state index in [1.807, 2.05) is 45.0 Å². The first-order valence-corrected chi connectivity index (χ1v) is 7.28. The molecule has 0 radical (unpaired) electrons. The minimum atomic E-state index is -0.784. The maximum atomic E-state index is 11.5. The molecule has 1 rings (SSSR count). The zero-order valence-corrected chi connectivity index (χ0v) is 13.3. The smallest absolute Gasteiger partial charge is 0.329 e. The predicted octanol–water partition coefficient (Wildman–Crippen LogP) is 1.38. The second-order valence-corrected chi connectivity index (χ2v) is 5.14. The summed E-state index contributed by atoms with van der Waals surface area (Å²) >= 11 is 0. The van der Waals surface area contributed by atoms with E-state index in [1.165, 1.54) is 6.21 Å². The standard InChI is InChI=1S/C16H23N3O3/c1-12(2)22-10-4-9-17-15(20)16(21)19-18-11-14-7-5-13(3)6-8-14/h5-8,11-12H,4,9-10H2,1-3H3,(H,17,20)(H,19,21). The molecular weight excluding hydrogens is 282 g/mol. The normalized spacial score (nSPS) is 10.9. The Hall–Kier alpha value is -2.21. The van der Waals surface area contributed by atoms with Crippen LogP contribution in [0.4, 0.5) is 0 Å². The molecule has 0 aliphatic heterocycles. The molecule has 0 spiro atoms. The molecule has 6 nitrogen and oxygen atoms in total. The zero-order valence-electron chi connectivity index (χ0n) is 13.3. The Bertz CT molecular complexity index is 510. The van der Waals surface area contributed by atoms with E-state index in [1.54, 1.807) is 0 Å². The van der Waals surface area contributed by atoms with Gasteiger partial charge in [0, 0.05) is 13.2 Å². The van der Waals surface area contributed by atoms with E-state index in [0.717, 1.165) is 11.1 Å². The van der Waals surface area contributed by atoms with Gasteiger partial charge in [0.15, 0.2) is 0 Å². The van der Waals surface area contributed by atoms with Gasteiger partial charge in [-0.1, -0.05) is 29.8 Å². The number of rotatable bonds is 7. The van der Waals surface area contributed by atoms with Crippen LogP contribution in [0, 0.1) is 6.92 Å². The van der Waals surface area contributed by atoms with E-state index in [0.29, 0.717) is 19.6 Å². The van der Waals surface area contributed by atoms with Gasteiger partial charge in [-0.3, -0.25) is 9.59 Å². The van der Waals surface area contributed by atoms with Crippen molar-refractivity contribution >= 4 is 18.0 Å². The largest absolute Gasteiger partial charge is 0.379 e. The molecule has 0 saturated carbocycles. The summed E-state index contributed by atoms with van der Waals surface area (Å²) in [5, 5.41) is 6.26. The fourth-order valence-corrected chi connectivity index (χ4v) is 1.54. The highest BCUT2D eigenvalue weighted by Gasteiger charge is 2.11. The average Bonchev–Trinajstić information content (AvgIpc) is 2.48. The molecule has 0 heterocycles. The molecule has 1 aromatic rings. The topological polar surface area (TPSA) is 79.8 Å². The molecular formula is C16H23N3O3. The van der Waals surface area contributed by atoms with Gasteiger partial charge in [0.1, 0.15) is 0 Å². The number of hydrogen-bond donors (Lipinski definition) is 2. The van der Waals surface area contributed by atoms with E-state index in [-0.39, 0.29) is 6.10 Å². The molecule has 1 aromatic carbocycles. The fourth-order valence-electron chi connectivity index (χ4n) is 1.54. The SMILES string of the molecule is Cc1ccc(C=NNC(=O)C(=O)NCCCOC(C)C)cc1. The third-order valence-electron chi connectivity index (χ3n) is 2.72. The summed E-state index contributed by atoms with van der Waals surface area (Å²) in [7, 11) is 0. The van der Waals surface area contributed by atoms with Crippen molar-refractivity contribution in [3.8, 4) is 0 Å². The molecule has 6 heteroatoms. The van der Waals surface area contributed by atoms with E-state index in [4.69, 9.17) is 4.74 Å². The maximum Gasteiger partial charge on any atom is 0.329 e. The molecule has 0 bridgehead atoms. The quantitative estimate of drug-likeness (QED) is 0.346. The van der Waals surface area contributed by atoms with Crippen molar-refractivity contribution in [2.24, 2.45) is 5.10 Å². The van der Waals surface area contributed by atoms with Gasteiger partial charge in [0.25, 0.3) is 0 Å². The molecule has 0 fully saturated rings. The number of nitrogens with zero attached hydrogens (tertiary/aromatic N) is 1. The van der Waals surface area contributed by atoms with Crippen LogP contribution in [0.2, 0.25) is 0 Å². The lowest BCUT2D eigenvalue weighted by Gasteiger charge is -2.07. The van der Waals surface area contributed by atoms with Gasteiger partial charge in [-0.2, -0.15) is 5.10 Å². The van der Waals surface area contributed by atoms with Crippen LogP contribution in [0.1, 0.15) is 31.4 Å². The fraction of sp³-hybridized carbons (Fsp3) is 0.438.